The highest BCUT2D eigenvalue weighted by Gasteiger charge is 2.14. The van der Waals surface area contributed by atoms with E-state index in [2.05, 4.69) is 31.0 Å². The number of nitrogens with zero attached hydrogens (tertiary/aromatic N) is 2. The molecular formula is C20H21N3O. The van der Waals surface area contributed by atoms with E-state index in [0.29, 0.717) is 13.0 Å². The summed E-state index contributed by atoms with van der Waals surface area (Å²) in [5.41, 5.74) is 4.35. The van der Waals surface area contributed by atoms with E-state index in [1.807, 2.05) is 41.0 Å². The Hall–Kier alpha value is -2.88. The summed E-state index contributed by atoms with van der Waals surface area (Å²) < 4.78 is 2.00. The second kappa shape index (κ2) is 7.13. The molecule has 1 N–H and O–H groups in total. The average molecular weight is 319 g/mol. The first kappa shape index (κ1) is 16.0. The Kier molecular flexibility index (Phi) is 4.75. The summed E-state index contributed by atoms with van der Waals surface area (Å²) >= 11 is 0. The van der Waals surface area contributed by atoms with Gasteiger partial charge in [0.15, 0.2) is 0 Å². The summed E-state index contributed by atoms with van der Waals surface area (Å²) in [6.07, 6.45) is 2.38. The van der Waals surface area contributed by atoms with Crippen molar-refractivity contribution in [1.82, 2.24) is 14.9 Å². The van der Waals surface area contributed by atoms with E-state index < -0.39 is 0 Å². The molecule has 1 aromatic heterocycles. The lowest BCUT2D eigenvalue weighted by molar-refractivity contribution is -0.121. The number of nitrogens with one attached hydrogen (secondary N) is 1. The highest BCUT2D eigenvalue weighted by molar-refractivity contribution is 5.81. The van der Waals surface area contributed by atoms with Gasteiger partial charge in [-0.25, -0.2) is 4.98 Å². The predicted octanol–water partition coefficient (Wildman–Crippen LogP) is 3.24. The zero-order valence-corrected chi connectivity index (χ0v) is 13.8. The van der Waals surface area contributed by atoms with Crippen LogP contribution in [0.15, 0.2) is 61.2 Å². The molecule has 0 spiro atoms. The number of carbonyl (C=O) groups excluding carboxylic acids is 1. The molecule has 0 radical (unpaired) electrons. The highest BCUT2D eigenvalue weighted by atomic mass is 16.1. The van der Waals surface area contributed by atoms with Crippen LogP contribution in [0.3, 0.4) is 0 Å². The molecule has 0 aliphatic heterocycles. The van der Waals surface area contributed by atoms with E-state index in [-0.39, 0.29) is 12.5 Å². The Morgan fingerprint density at radius 1 is 1.21 bits per heavy atom. The van der Waals surface area contributed by atoms with Gasteiger partial charge < -0.3 is 9.88 Å². The Morgan fingerprint density at radius 2 is 1.96 bits per heavy atom. The minimum Gasteiger partial charge on any atom is -0.351 e. The summed E-state index contributed by atoms with van der Waals surface area (Å²) in [5.74, 6) is 0.864. The van der Waals surface area contributed by atoms with Crippen LogP contribution in [0.2, 0.25) is 0 Å². The lowest BCUT2D eigenvalue weighted by Gasteiger charge is -2.10. The number of imidazole rings is 1. The van der Waals surface area contributed by atoms with Crippen LogP contribution in [0.5, 0.6) is 0 Å². The normalized spacial score (nSPS) is 10.7. The largest absolute Gasteiger partial charge is 0.351 e. The summed E-state index contributed by atoms with van der Waals surface area (Å²) in [6.45, 7) is 6.46. The standard InChI is InChI=1S/C20H21N3O/c1-3-12-21-20(24)14-23-18-11-7-6-10-17(18)22-19(23)13-16-9-5-4-8-15(16)2/h3-11H,1,12-14H2,2H3,(H,21,24). The topological polar surface area (TPSA) is 46.9 Å². The van der Waals surface area contributed by atoms with Crippen molar-refractivity contribution in [3.63, 3.8) is 0 Å². The predicted molar refractivity (Wildman–Crippen MR) is 96.9 cm³/mol. The van der Waals surface area contributed by atoms with Gasteiger partial charge in [-0.15, -0.1) is 6.58 Å². The van der Waals surface area contributed by atoms with Crippen LogP contribution in [0.1, 0.15) is 17.0 Å². The first-order valence-electron chi connectivity index (χ1n) is 8.05. The first-order chi connectivity index (χ1) is 11.7. The Morgan fingerprint density at radius 3 is 2.75 bits per heavy atom. The van der Waals surface area contributed by atoms with Crippen molar-refractivity contribution in [1.29, 1.82) is 0 Å². The number of aryl methyl sites for hydroxylation is 1. The monoisotopic (exact) mass is 319 g/mol. The Balaban J connectivity index is 1.97. The maximum absolute atomic E-state index is 12.2. The minimum absolute atomic E-state index is 0.0379. The molecule has 0 aliphatic carbocycles. The summed E-state index contributed by atoms with van der Waals surface area (Å²) in [6, 6.07) is 16.2. The van der Waals surface area contributed by atoms with Crippen LogP contribution in [0, 0.1) is 6.92 Å². The number of hydrogen-bond acceptors (Lipinski definition) is 2. The fraction of sp³-hybridized carbons (Fsp3) is 0.200. The van der Waals surface area contributed by atoms with Crippen LogP contribution in [0.25, 0.3) is 11.0 Å². The second-order valence-electron chi connectivity index (χ2n) is 5.80. The molecular weight excluding hydrogens is 298 g/mol. The molecule has 24 heavy (non-hydrogen) atoms. The quantitative estimate of drug-likeness (QED) is 0.709. The molecule has 4 heteroatoms. The van der Waals surface area contributed by atoms with Crippen molar-refractivity contribution in [2.75, 3.05) is 6.54 Å². The third-order valence-corrected chi connectivity index (χ3v) is 4.09. The van der Waals surface area contributed by atoms with Gasteiger partial charge in [0, 0.05) is 13.0 Å². The van der Waals surface area contributed by atoms with Gasteiger partial charge in [0.05, 0.1) is 11.0 Å². The number of amides is 1. The molecule has 1 amide bonds. The molecule has 0 bridgehead atoms. The van der Waals surface area contributed by atoms with Gasteiger partial charge in [-0.3, -0.25) is 4.79 Å². The zero-order chi connectivity index (χ0) is 16.9. The number of rotatable bonds is 6. The molecule has 0 saturated carbocycles. The van der Waals surface area contributed by atoms with Crippen molar-refractivity contribution >= 4 is 16.9 Å². The highest BCUT2D eigenvalue weighted by Crippen LogP contribution is 2.20. The van der Waals surface area contributed by atoms with Crippen molar-refractivity contribution < 1.29 is 4.79 Å². The van der Waals surface area contributed by atoms with Gasteiger partial charge >= 0.3 is 0 Å². The van der Waals surface area contributed by atoms with Gasteiger partial charge in [-0.1, -0.05) is 42.5 Å². The molecule has 2 aromatic carbocycles. The van der Waals surface area contributed by atoms with E-state index in [0.717, 1.165) is 16.9 Å². The van der Waals surface area contributed by atoms with Crippen LogP contribution in [-0.2, 0) is 17.8 Å². The second-order valence-corrected chi connectivity index (χ2v) is 5.80. The molecule has 3 rings (SSSR count). The smallest absolute Gasteiger partial charge is 0.240 e. The first-order valence-corrected chi connectivity index (χ1v) is 8.05. The van der Waals surface area contributed by atoms with E-state index in [9.17, 15) is 4.79 Å². The minimum atomic E-state index is -0.0379. The summed E-state index contributed by atoms with van der Waals surface area (Å²) in [5, 5.41) is 2.83. The zero-order valence-electron chi connectivity index (χ0n) is 13.8. The van der Waals surface area contributed by atoms with Crippen LogP contribution < -0.4 is 5.32 Å². The molecule has 0 fully saturated rings. The molecule has 3 aromatic rings. The lowest BCUT2D eigenvalue weighted by atomic mass is 10.1. The average Bonchev–Trinajstić information content (AvgIpc) is 2.92. The van der Waals surface area contributed by atoms with Gasteiger partial charge in [0.2, 0.25) is 5.91 Å². The third-order valence-electron chi connectivity index (χ3n) is 4.09. The molecule has 1 heterocycles. The molecule has 0 atom stereocenters. The van der Waals surface area contributed by atoms with Gasteiger partial charge in [-0.2, -0.15) is 0 Å². The number of hydrogen-bond donors (Lipinski definition) is 1. The van der Waals surface area contributed by atoms with Crippen LogP contribution in [-0.4, -0.2) is 22.0 Å². The molecule has 4 nitrogen and oxygen atoms in total. The van der Waals surface area contributed by atoms with Crippen LogP contribution in [0.4, 0.5) is 0 Å². The Labute approximate surface area is 141 Å². The van der Waals surface area contributed by atoms with Crippen molar-refractivity contribution in [3.05, 3.63) is 78.1 Å². The van der Waals surface area contributed by atoms with Crippen molar-refractivity contribution in [2.45, 2.75) is 19.9 Å². The number of carbonyl (C=O) groups is 1. The van der Waals surface area contributed by atoms with Gasteiger partial charge in [-0.05, 0) is 30.2 Å². The summed E-state index contributed by atoms with van der Waals surface area (Å²) in [4.78, 5) is 16.9. The maximum Gasteiger partial charge on any atom is 0.240 e. The SMILES string of the molecule is C=CCNC(=O)Cn1c(Cc2ccccc2C)nc2ccccc21. The van der Waals surface area contributed by atoms with Gasteiger partial charge in [0.1, 0.15) is 12.4 Å². The van der Waals surface area contributed by atoms with Crippen LogP contribution >= 0.6 is 0 Å². The molecule has 0 aliphatic rings. The fourth-order valence-electron chi connectivity index (χ4n) is 2.80. The van der Waals surface area contributed by atoms with E-state index in [1.54, 1.807) is 6.08 Å². The number of benzene rings is 2. The van der Waals surface area contributed by atoms with Crippen molar-refractivity contribution in [3.8, 4) is 0 Å². The molecule has 0 saturated heterocycles. The third kappa shape index (κ3) is 3.38. The number of fused-ring (bicyclic) bond motifs is 1. The van der Waals surface area contributed by atoms with Gasteiger partial charge in [0.25, 0.3) is 0 Å². The maximum atomic E-state index is 12.2. The summed E-state index contributed by atoms with van der Waals surface area (Å²) in [7, 11) is 0. The fourth-order valence-corrected chi connectivity index (χ4v) is 2.80. The van der Waals surface area contributed by atoms with Crippen molar-refractivity contribution in [2.24, 2.45) is 0 Å². The Bertz CT molecular complexity index is 879. The molecule has 0 unspecified atom stereocenters. The number of para-hydroxylation sites is 2. The van der Waals surface area contributed by atoms with E-state index >= 15 is 0 Å². The van der Waals surface area contributed by atoms with E-state index in [1.165, 1.54) is 11.1 Å². The molecule has 122 valence electrons. The van der Waals surface area contributed by atoms with E-state index in [4.69, 9.17) is 4.98 Å². The lowest BCUT2D eigenvalue weighted by Crippen LogP contribution is -2.28. The number of aromatic nitrogens is 2.